The monoisotopic (exact) mass is 850 g/mol. The molecule has 7 heteroatoms. The molecule has 0 saturated carbocycles. The third kappa shape index (κ3) is 4.25. The van der Waals surface area contributed by atoms with Gasteiger partial charge in [-0.3, -0.25) is 6.08 Å². The molecular weight excluding hydrogens is 836 g/mol. The van der Waals surface area contributed by atoms with E-state index in [1.54, 1.807) is 38.5 Å². The molecule has 4 aromatic rings. The van der Waals surface area contributed by atoms with Crippen LogP contribution in [0.25, 0.3) is 27.9 Å². The summed E-state index contributed by atoms with van der Waals surface area (Å²) in [5.41, 5.74) is 9.72. The molecule has 0 fully saturated rings. The summed E-state index contributed by atoms with van der Waals surface area (Å²) in [6, 6.07) is 17.5. The fraction of sp³-hybridized carbons (Fsp3) is 0.0526. The number of rotatable bonds is 2. The van der Waals surface area contributed by atoms with Crippen LogP contribution in [0.15, 0.2) is 48.8 Å². The Morgan fingerprint density at radius 3 is 2.58 bits per heavy atom. The van der Waals surface area contributed by atoms with Crippen molar-refractivity contribution >= 4 is 33.7 Å². The first-order valence-electron chi connectivity index (χ1n) is 7.49. The number of aromatic nitrogens is 3. The summed E-state index contributed by atoms with van der Waals surface area (Å²) in [4.78, 5) is 7.99. The molecule has 0 spiro atoms. The van der Waals surface area contributed by atoms with E-state index in [9.17, 15) is 0 Å². The van der Waals surface area contributed by atoms with E-state index in [1.165, 1.54) is 22.7 Å². The number of benzene rings is 2. The first kappa shape index (κ1) is 21.2. The van der Waals surface area contributed by atoms with Crippen molar-refractivity contribution in [2.45, 2.75) is 6.92 Å². The van der Waals surface area contributed by atoms with Crippen molar-refractivity contribution in [3.63, 3.8) is 0 Å². The van der Waals surface area contributed by atoms with Crippen LogP contribution in [-0.2, 0) is 53.5 Å². The van der Waals surface area contributed by atoms with Crippen LogP contribution in [0, 0.1) is 19.2 Å². The molecule has 130 valence electrons. The van der Waals surface area contributed by atoms with Gasteiger partial charge in [0, 0.05) is 26.9 Å². The standard InChI is InChI=1S/C19H14N4.3W/c1-13-5-4-8-17-19(13)15-6-2-3-7-16(15)23(17)10-9-14-11-18(20)22-12-21-14;;;/h2-9,12H,1H3,(H2,20,21,22);;;/q-2;;;. The molecule has 0 saturated heterocycles. The number of hydrogen-bond donors (Lipinski definition) is 1. The number of fused-ring (bicyclic) bond motifs is 3. The predicted octanol–water partition coefficient (Wildman–Crippen LogP) is 3.59. The zero-order valence-electron chi connectivity index (χ0n) is 13.8. The molecular formula is C19H14N4W3-2. The molecule has 0 aliphatic carbocycles. The second kappa shape index (κ2) is 9.74. The zero-order chi connectivity index (χ0) is 17.8. The van der Waals surface area contributed by atoms with Gasteiger partial charge >= 0.3 is 32.4 Å². The van der Waals surface area contributed by atoms with E-state index in [0.717, 1.165) is 11.0 Å². The van der Waals surface area contributed by atoms with E-state index in [1.807, 2.05) is 10.6 Å². The minimum absolute atomic E-state index is 0. The molecule has 0 radical (unpaired) electrons. The first-order chi connectivity index (χ1) is 12.2. The van der Waals surface area contributed by atoms with Crippen molar-refractivity contribution in [2.24, 2.45) is 0 Å². The normalized spacial score (nSPS) is 10.5. The molecule has 0 unspecified atom stereocenters. The van der Waals surface area contributed by atoms with Crippen LogP contribution in [0.1, 0.15) is 11.3 Å². The fourth-order valence-electron chi connectivity index (χ4n) is 2.89. The van der Waals surface area contributed by atoms with E-state index in [0.29, 0.717) is 11.5 Å². The molecule has 4 nitrogen and oxygen atoms in total. The van der Waals surface area contributed by atoms with Crippen LogP contribution in [0.2, 0.25) is 0 Å². The van der Waals surface area contributed by atoms with Gasteiger partial charge in [0.25, 0.3) is 0 Å². The van der Waals surface area contributed by atoms with Crippen LogP contribution in [0.5, 0.6) is 0 Å². The molecule has 0 aliphatic rings. The van der Waals surface area contributed by atoms with Crippen LogP contribution in [0.4, 0.5) is 5.82 Å². The van der Waals surface area contributed by atoms with Crippen LogP contribution < -0.4 is 5.73 Å². The summed E-state index contributed by atoms with van der Waals surface area (Å²) in [7, 11) is 0. The number of nitrogens with two attached hydrogens (primary N) is 1. The third-order valence-corrected chi connectivity index (χ3v) is 3.89. The Morgan fingerprint density at radius 1 is 1.08 bits per heavy atom. The summed E-state index contributed by atoms with van der Waals surface area (Å²) in [5, 5.41) is 2.46. The van der Waals surface area contributed by atoms with Gasteiger partial charge in [0.2, 0.25) is 0 Å². The third-order valence-electron chi connectivity index (χ3n) is 3.89. The molecule has 2 heterocycles. The van der Waals surface area contributed by atoms with Crippen molar-refractivity contribution < 1.29 is 53.5 Å². The second-order valence-electron chi connectivity index (χ2n) is 5.36. The zero-order valence-corrected chi connectivity index (χ0v) is 22.6. The quantitative estimate of drug-likeness (QED) is 0.315. The van der Waals surface area contributed by atoms with E-state index >= 15 is 0 Å². The molecule has 2 N–H and O–H groups in total. The van der Waals surface area contributed by atoms with Gasteiger partial charge in [-0.2, -0.15) is 11.9 Å². The summed E-state index contributed by atoms with van der Waals surface area (Å²) in [6.45, 7) is 2.13. The van der Waals surface area contributed by atoms with Gasteiger partial charge < -0.3 is 15.3 Å². The average molecular weight is 850 g/mol. The number of aryl methyl sites for hydroxylation is 1. The minimum atomic E-state index is 0. The Hall–Kier alpha value is -1.08. The maximum absolute atomic E-state index is 5.65. The van der Waals surface area contributed by atoms with E-state index in [4.69, 9.17) is 5.73 Å². The van der Waals surface area contributed by atoms with Gasteiger partial charge in [-0.25, -0.2) is 11.1 Å². The van der Waals surface area contributed by atoms with Crippen LogP contribution in [-0.4, -0.2) is 14.5 Å². The molecule has 0 bridgehead atoms. The van der Waals surface area contributed by atoms with Crippen LogP contribution in [0.3, 0.4) is 0 Å². The number of para-hydroxylation sites is 1. The Labute approximate surface area is 185 Å². The predicted molar refractivity (Wildman–Crippen MR) is 92.6 cm³/mol. The van der Waals surface area contributed by atoms with Crippen LogP contribution >= 0.6 is 0 Å². The van der Waals surface area contributed by atoms with Crippen molar-refractivity contribution in [3.8, 4) is 0 Å². The summed E-state index contributed by atoms with van der Waals surface area (Å²) in [5.74, 6) is 0.325. The Balaban J connectivity index is 0.000000784. The summed E-state index contributed by atoms with van der Waals surface area (Å²) >= 11 is 3.33. The van der Waals surface area contributed by atoms with Gasteiger partial charge in [0.15, 0.2) is 0 Å². The molecule has 2 aromatic heterocycles. The van der Waals surface area contributed by atoms with Gasteiger partial charge in [0.05, 0.1) is 0 Å². The summed E-state index contributed by atoms with van der Waals surface area (Å²) < 4.78 is 2.05. The number of hydrogen-bond acceptors (Lipinski definition) is 3. The Kier molecular flexibility index (Phi) is 7.95. The molecule has 2 aromatic carbocycles. The van der Waals surface area contributed by atoms with E-state index < -0.39 is 0 Å². The first-order valence-corrected chi connectivity index (χ1v) is 18.5. The van der Waals surface area contributed by atoms with E-state index in [2.05, 4.69) is 65.6 Å². The summed E-state index contributed by atoms with van der Waals surface area (Å²) in [6.07, 6.45) is 6.49. The molecule has 0 aliphatic heterocycles. The van der Waals surface area contributed by atoms with Crippen molar-refractivity contribution in [3.05, 3.63) is 72.3 Å². The SMILES string of the molecule is Cc1cccc2c1c1ccccc1n2[C-]=Cc1[c-]c(N)ncn1.[W].[W]=[W]. The molecule has 0 atom stereocenters. The Bertz CT molecular complexity index is 1070. The van der Waals surface area contributed by atoms with Gasteiger partial charge in [0.1, 0.15) is 6.33 Å². The fourth-order valence-corrected chi connectivity index (χ4v) is 2.89. The number of nitrogen functional groups attached to an aromatic ring is 1. The molecule has 26 heavy (non-hydrogen) atoms. The Morgan fingerprint density at radius 2 is 1.81 bits per heavy atom. The number of anilines is 1. The van der Waals surface area contributed by atoms with Crippen molar-refractivity contribution in [1.82, 2.24) is 14.5 Å². The number of nitrogens with zero attached hydrogens (tertiary/aromatic N) is 3. The average Bonchev–Trinajstić information content (AvgIpc) is 2.97. The van der Waals surface area contributed by atoms with Crippen molar-refractivity contribution in [1.29, 1.82) is 0 Å². The maximum atomic E-state index is 5.65. The molecule has 0 amide bonds. The van der Waals surface area contributed by atoms with E-state index in [-0.39, 0.29) is 21.1 Å². The van der Waals surface area contributed by atoms with Gasteiger partial charge in [-0.15, -0.1) is 0 Å². The topological polar surface area (TPSA) is 56.7 Å². The second-order valence-corrected chi connectivity index (χ2v) is 5.36. The molecule has 4 rings (SSSR count). The van der Waals surface area contributed by atoms with Gasteiger partial charge in [-0.1, -0.05) is 48.0 Å². The van der Waals surface area contributed by atoms with Crippen molar-refractivity contribution in [2.75, 3.05) is 5.73 Å². The van der Waals surface area contributed by atoms with Gasteiger partial charge in [-0.05, 0) is 28.7 Å².